The van der Waals surface area contributed by atoms with Crippen molar-refractivity contribution in [2.45, 2.75) is 33.1 Å². The van der Waals surface area contributed by atoms with Crippen LogP contribution in [0, 0.1) is 0 Å². The van der Waals surface area contributed by atoms with Gasteiger partial charge in [0.05, 0.1) is 13.2 Å². The zero-order chi connectivity index (χ0) is 11.9. The molecular weight excluding hydrogens is 212 g/mol. The first kappa shape index (κ1) is 12.6. The molecular formula is C14H22N2O. The van der Waals surface area contributed by atoms with Crippen molar-refractivity contribution in [1.82, 2.24) is 10.6 Å². The molecule has 0 aliphatic carbocycles. The molecule has 0 fully saturated rings. The number of nitrogens with one attached hydrogen (secondary N) is 2. The topological polar surface area (TPSA) is 33.3 Å². The van der Waals surface area contributed by atoms with E-state index in [-0.39, 0.29) is 0 Å². The summed E-state index contributed by atoms with van der Waals surface area (Å²) < 4.78 is 5.41. The van der Waals surface area contributed by atoms with E-state index < -0.39 is 0 Å². The highest BCUT2D eigenvalue weighted by Crippen LogP contribution is 2.20. The highest BCUT2D eigenvalue weighted by molar-refractivity contribution is 5.33. The van der Waals surface area contributed by atoms with Gasteiger partial charge in [0.25, 0.3) is 0 Å². The normalized spacial score (nSPS) is 13.9. The average molecular weight is 234 g/mol. The number of fused-ring (bicyclic) bond motifs is 1. The third-order valence-electron chi connectivity index (χ3n) is 3.02. The van der Waals surface area contributed by atoms with E-state index in [0.29, 0.717) is 0 Å². The number of ether oxygens (including phenoxy) is 1. The van der Waals surface area contributed by atoms with Gasteiger partial charge in [0.2, 0.25) is 0 Å². The van der Waals surface area contributed by atoms with Crippen molar-refractivity contribution in [3.05, 3.63) is 34.9 Å². The summed E-state index contributed by atoms with van der Waals surface area (Å²) in [5, 5.41) is 6.83. The van der Waals surface area contributed by atoms with Crippen LogP contribution >= 0.6 is 0 Å². The third kappa shape index (κ3) is 3.80. The van der Waals surface area contributed by atoms with Crippen LogP contribution in [0.4, 0.5) is 0 Å². The molecule has 0 saturated heterocycles. The lowest BCUT2D eigenvalue weighted by Crippen LogP contribution is -2.27. The van der Waals surface area contributed by atoms with Crippen LogP contribution in [0.2, 0.25) is 0 Å². The fourth-order valence-corrected chi connectivity index (χ4v) is 2.05. The van der Waals surface area contributed by atoms with E-state index >= 15 is 0 Å². The predicted octanol–water partition coefficient (Wildman–Crippen LogP) is 1.81. The van der Waals surface area contributed by atoms with Crippen LogP contribution in [-0.2, 0) is 24.5 Å². The van der Waals surface area contributed by atoms with E-state index in [4.69, 9.17) is 4.74 Å². The molecule has 2 N–H and O–H groups in total. The maximum atomic E-state index is 5.41. The van der Waals surface area contributed by atoms with Crippen molar-refractivity contribution in [3.8, 4) is 0 Å². The van der Waals surface area contributed by atoms with Crippen LogP contribution in [-0.4, -0.2) is 19.6 Å². The van der Waals surface area contributed by atoms with E-state index in [0.717, 1.165) is 39.4 Å². The zero-order valence-corrected chi connectivity index (χ0v) is 10.6. The predicted molar refractivity (Wildman–Crippen MR) is 69.8 cm³/mol. The molecule has 0 saturated carbocycles. The molecule has 0 atom stereocenters. The monoisotopic (exact) mass is 234 g/mol. The molecule has 1 aliphatic heterocycles. The fourth-order valence-electron chi connectivity index (χ4n) is 2.05. The molecule has 1 aromatic rings. The van der Waals surface area contributed by atoms with Crippen molar-refractivity contribution < 1.29 is 4.74 Å². The van der Waals surface area contributed by atoms with E-state index in [1.165, 1.54) is 23.1 Å². The fraction of sp³-hybridized carbons (Fsp3) is 0.571. The molecule has 2 rings (SSSR count). The summed E-state index contributed by atoms with van der Waals surface area (Å²) in [6, 6.07) is 6.64. The minimum atomic E-state index is 0.779. The maximum absolute atomic E-state index is 5.41. The van der Waals surface area contributed by atoms with Crippen LogP contribution in [0.5, 0.6) is 0 Å². The molecule has 0 spiro atoms. The summed E-state index contributed by atoms with van der Waals surface area (Å²) in [5.74, 6) is 0. The largest absolute Gasteiger partial charge is 0.372 e. The van der Waals surface area contributed by atoms with Gasteiger partial charge in [-0.15, -0.1) is 0 Å². The van der Waals surface area contributed by atoms with Crippen molar-refractivity contribution in [2.24, 2.45) is 0 Å². The Hall–Kier alpha value is -0.900. The molecule has 1 aromatic carbocycles. The van der Waals surface area contributed by atoms with Gasteiger partial charge in [-0.3, -0.25) is 0 Å². The molecule has 1 aliphatic rings. The van der Waals surface area contributed by atoms with Gasteiger partial charge in [0.1, 0.15) is 0 Å². The van der Waals surface area contributed by atoms with Gasteiger partial charge in [-0.05, 0) is 29.7 Å². The highest BCUT2D eigenvalue weighted by Gasteiger charge is 2.10. The van der Waals surface area contributed by atoms with Gasteiger partial charge in [0.15, 0.2) is 0 Å². The molecule has 94 valence electrons. The number of hydrogen-bond acceptors (Lipinski definition) is 3. The Morgan fingerprint density at radius 3 is 2.76 bits per heavy atom. The Labute approximate surface area is 104 Å². The van der Waals surface area contributed by atoms with E-state index in [1.807, 2.05) is 0 Å². The molecule has 0 radical (unpaired) electrons. The van der Waals surface area contributed by atoms with Crippen molar-refractivity contribution in [3.63, 3.8) is 0 Å². The Morgan fingerprint density at radius 1 is 1.06 bits per heavy atom. The molecule has 3 heteroatoms. The Balaban J connectivity index is 1.69. The summed E-state index contributed by atoms with van der Waals surface area (Å²) in [6.07, 6.45) is 1.20. The van der Waals surface area contributed by atoms with Gasteiger partial charge in [-0.25, -0.2) is 0 Å². The lowest BCUT2D eigenvalue weighted by Gasteiger charge is -2.07. The summed E-state index contributed by atoms with van der Waals surface area (Å²) in [5.41, 5.74) is 4.05. The van der Waals surface area contributed by atoms with Gasteiger partial charge in [-0.1, -0.05) is 25.1 Å². The minimum absolute atomic E-state index is 0.779. The zero-order valence-electron chi connectivity index (χ0n) is 10.6. The second kappa shape index (κ2) is 6.74. The molecule has 0 bridgehead atoms. The van der Waals surface area contributed by atoms with E-state index in [1.54, 1.807) is 0 Å². The van der Waals surface area contributed by atoms with Crippen LogP contribution in [0.3, 0.4) is 0 Å². The lowest BCUT2D eigenvalue weighted by atomic mass is 10.1. The Kier molecular flexibility index (Phi) is 4.98. The molecule has 3 nitrogen and oxygen atoms in total. The molecule has 0 aromatic heterocycles. The van der Waals surface area contributed by atoms with Gasteiger partial charge < -0.3 is 15.4 Å². The summed E-state index contributed by atoms with van der Waals surface area (Å²) in [6.45, 7) is 7.87. The first-order valence-corrected chi connectivity index (χ1v) is 6.50. The van der Waals surface area contributed by atoms with Crippen molar-refractivity contribution in [2.75, 3.05) is 19.6 Å². The first-order chi connectivity index (χ1) is 8.40. The Morgan fingerprint density at radius 2 is 1.88 bits per heavy atom. The van der Waals surface area contributed by atoms with Crippen molar-refractivity contribution >= 4 is 0 Å². The van der Waals surface area contributed by atoms with E-state index in [9.17, 15) is 0 Å². The maximum Gasteiger partial charge on any atom is 0.0725 e. The SMILES string of the molecule is CCCNCCNCc1ccc2c(c1)COC2. The number of benzene rings is 1. The highest BCUT2D eigenvalue weighted by atomic mass is 16.5. The quantitative estimate of drug-likeness (QED) is 0.706. The Bertz CT molecular complexity index is 352. The standard InChI is InChI=1S/C14H22N2O/c1-2-5-15-6-7-16-9-12-3-4-13-10-17-11-14(13)8-12/h3-4,8,15-16H,2,5-7,9-11H2,1H3. The summed E-state index contributed by atoms with van der Waals surface area (Å²) in [7, 11) is 0. The second-order valence-corrected chi connectivity index (χ2v) is 4.52. The third-order valence-corrected chi connectivity index (χ3v) is 3.02. The van der Waals surface area contributed by atoms with Crippen LogP contribution in [0.25, 0.3) is 0 Å². The van der Waals surface area contributed by atoms with Gasteiger partial charge in [-0.2, -0.15) is 0 Å². The van der Waals surface area contributed by atoms with Crippen LogP contribution in [0.1, 0.15) is 30.0 Å². The molecule has 0 unspecified atom stereocenters. The van der Waals surface area contributed by atoms with Gasteiger partial charge in [0, 0.05) is 19.6 Å². The van der Waals surface area contributed by atoms with Gasteiger partial charge >= 0.3 is 0 Å². The number of hydrogen-bond donors (Lipinski definition) is 2. The van der Waals surface area contributed by atoms with Crippen molar-refractivity contribution in [1.29, 1.82) is 0 Å². The average Bonchev–Trinajstić information content (AvgIpc) is 2.81. The molecule has 17 heavy (non-hydrogen) atoms. The van der Waals surface area contributed by atoms with Crippen LogP contribution in [0.15, 0.2) is 18.2 Å². The molecule has 1 heterocycles. The van der Waals surface area contributed by atoms with Crippen LogP contribution < -0.4 is 10.6 Å². The van der Waals surface area contributed by atoms with E-state index in [2.05, 4.69) is 35.8 Å². The smallest absolute Gasteiger partial charge is 0.0725 e. The lowest BCUT2D eigenvalue weighted by molar-refractivity contribution is 0.134. The second-order valence-electron chi connectivity index (χ2n) is 4.52. The summed E-state index contributed by atoms with van der Waals surface area (Å²) in [4.78, 5) is 0. The number of rotatable bonds is 7. The summed E-state index contributed by atoms with van der Waals surface area (Å²) >= 11 is 0. The molecule has 0 amide bonds. The first-order valence-electron chi connectivity index (χ1n) is 6.50. The minimum Gasteiger partial charge on any atom is -0.372 e.